The first-order valence-corrected chi connectivity index (χ1v) is 6.85. The van der Waals surface area contributed by atoms with Gasteiger partial charge >= 0.3 is 0 Å². The normalized spacial score (nSPS) is 11.3. The van der Waals surface area contributed by atoms with Crippen LogP contribution < -0.4 is 0 Å². The smallest absolute Gasteiger partial charge is 0.0431 e. The zero-order valence-corrected chi connectivity index (χ0v) is 10.6. The average Bonchev–Trinajstić information content (AvgIpc) is 2.21. The second-order valence-electron chi connectivity index (χ2n) is 3.58. The average molecular weight is 263 g/mol. The van der Waals surface area contributed by atoms with Crippen molar-refractivity contribution in [2.75, 3.05) is 11.9 Å². The van der Waals surface area contributed by atoms with Gasteiger partial charge in [0.05, 0.1) is 0 Å². The predicted octanol–water partition coefficient (Wildman–Crippen LogP) is 4.05. The number of aliphatic hydroxyl groups excluding tert-OH is 1. The number of halogens is 1. The molecule has 84 valence electrons. The highest BCUT2D eigenvalue weighted by atomic mass is 79.9. The van der Waals surface area contributed by atoms with Crippen LogP contribution in [0.2, 0.25) is 0 Å². The molecule has 0 aromatic heterocycles. The lowest BCUT2D eigenvalue weighted by atomic mass is 10.1. The Morgan fingerprint density at radius 3 is 1.93 bits per heavy atom. The van der Waals surface area contributed by atoms with Gasteiger partial charge in [0.1, 0.15) is 0 Å². The van der Waals surface area contributed by atoms with Crippen LogP contribution in [0.25, 0.3) is 0 Å². The van der Waals surface area contributed by atoms with Crippen molar-refractivity contribution in [3.05, 3.63) is 12.2 Å². The van der Waals surface area contributed by atoms with Gasteiger partial charge in [0.25, 0.3) is 0 Å². The van der Waals surface area contributed by atoms with E-state index < -0.39 is 0 Å². The Bertz CT molecular complexity index is 123. The van der Waals surface area contributed by atoms with Crippen molar-refractivity contribution in [1.29, 1.82) is 0 Å². The van der Waals surface area contributed by atoms with Crippen molar-refractivity contribution in [2.45, 2.75) is 51.4 Å². The highest BCUT2D eigenvalue weighted by Crippen LogP contribution is 2.05. The third-order valence-electron chi connectivity index (χ3n) is 2.20. The summed E-state index contributed by atoms with van der Waals surface area (Å²) < 4.78 is 0. The summed E-state index contributed by atoms with van der Waals surface area (Å²) in [6.45, 7) is 0.334. The van der Waals surface area contributed by atoms with E-state index in [0.717, 1.165) is 24.6 Å². The molecule has 0 aromatic carbocycles. The van der Waals surface area contributed by atoms with Gasteiger partial charge in [-0.1, -0.05) is 40.9 Å². The Balaban J connectivity index is 2.96. The van der Waals surface area contributed by atoms with Crippen molar-refractivity contribution in [2.24, 2.45) is 0 Å². The molecular weight excluding hydrogens is 240 g/mol. The predicted molar refractivity (Wildman–Crippen MR) is 67.0 cm³/mol. The molecule has 0 unspecified atom stereocenters. The van der Waals surface area contributed by atoms with Crippen LogP contribution in [0.1, 0.15) is 51.4 Å². The summed E-state index contributed by atoms with van der Waals surface area (Å²) in [6.07, 6.45) is 14.3. The SMILES string of the molecule is OCCCC/C=C\CCCCCCBr. The molecule has 0 atom stereocenters. The maximum Gasteiger partial charge on any atom is 0.0431 e. The summed E-state index contributed by atoms with van der Waals surface area (Å²) in [5.74, 6) is 0. The van der Waals surface area contributed by atoms with Crippen LogP contribution in [0.5, 0.6) is 0 Å². The fraction of sp³-hybridized carbons (Fsp3) is 0.833. The minimum absolute atomic E-state index is 0.334. The van der Waals surface area contributed by atoms with Gasteiger partial charge in [0.2, 0.25) is 0 Å². The van der Waals surface area contributed by atoms with Crippen molar-refractivity contribution in [3.63, 3.8) is 0 Å². The number of unbranched alkanes of at least 4 members (excludes halogenated alkanes) is 6. The Morgan fingerprint density at radius 2 is 1.36 bits per heavy atom. The van der Waals surface area contributed by atoms with Crippen molar-refractivity contribution in [3.8, 4) is 0 Å². The molecule has 0 saturated carbocycles. The number of aliphatic hydroxyl groups is 1. The van der Waals surface area contributed by atoms with Crippen LogP contribution in [0.3, 0.4) is 0 Å². The first kappa shape index (κ1) is 14.2. The maximum atomic E-state index is 8.56. The van der Waals surface area contributed by atoms with Gasteiger partial charge in [-0.05, 0) is 38.5 Å². The van der Waals surface area contributed by atoms with Crippen LogP contribution in [0, 0.1) is 0 Å². The van der Waals surface area contributed by atoms with E-state index in [0.29, 0.717) is 6.61 Å². The van der Waals surface area contributed by atoms with Gasteiger partial charge in [-0.2, -0.15) is 0 Å². The van der Waals surface area contributed by atoms with Gasteiger partial charge in [-0.3, -0.25) is 0 Å². The monoisotopic (exact) mass is 262 g/mol. The molecule has 0 radical (unpaired) electrons. The van der Waals surface area contributed by atoms with Crippen molar-refractivity contribution < 1.29 is 5.11 Å². The van der Waals surface area contributed by atoms with Crippen LogP contribution in [-0.4, -0.2) is 17.0 Å². The molecular formula is C12H23BrO. The fourth-order valence-corrected chi connectivity index (χ4v) is 1.72. The minimum Gasteiger partial charge on any atom is -0.396 e. The second-order valence-corrected chi connectivity index (χ2v) is 4.38. The second kappa shape index (κ2) is 13.2. The third-order valence-corrected chi connectivity index (χ3v) is 2.76. The largest absolute Gasteiger partial charge is 0.396 e. The molecule has 0 heterocycles. The summed E-state index contributed by atoms with van der Waals surface area (Å²) >= 11 is 3.43. The topological polar surface area (TPSA) is 20.2 Å². The first-order chi connectivity index (χ1) is 6.91. The standard InChI is InChI=1S/C12H23BrO/c13-11-9-7-5-3-1-2-4-6-8-10-12-14/h2,4,14H,1,3,5-12H2/b4-2-. The zero-order valence-electron chi connectivity index (χ0n) is 9.05. The Hall–Kier alpha value is 0.180. The number of allylic oxidation sites excluding steroid dienone is 2. The lowest BCUT2D eigenvalue weighted by Gasteiger charge is -1.95. The zero-order chi connectivity index (χ0) is 10.5. The van der Waals surface area contributed by atoms with E-state index in [1.807, 2.05) is 0 Å². The van der Waals surface area contributed by atoms with Crippen LogP contribution >= 0.6 is 15.9 Å². The molecule has 2 heteroatoms. The van der Waals surface area contributed by atoms with E-state index in [9.17, 15) is 0 Å². The molecule has 14 heavy (non-hydrogen) atoms. The Kier molecular flexibility index (Phi) is 13.3. The highest BCUT2D eigenvalue weighted by Gasteiger charge is 1.87. The van der Waals surface area contributed by atoms with Gasteiger partial charge in [0, 0.05) is 11.9 Å². The van der Waals surface area contributed by atoms with E-state index in [-0.39, 0.29) is 0 Å². The minimum atomic E-state index is 0.334. The molecule has 0 amide bonds. The molecule has 1 N–H and O–H groups in total. The third kappa shape index (κ3) is 12.2. The Morgan fingerprint density at radius 1 is 0.786 bits per heavy atom. The summed E-state index contributed by atoms with van der Waals surface area (Å²) in [6, 6.07) is 0. The van der Waals surface area contributed by atoms with Gasteiger partial charge < -0.3 is 5.11 Å². The number of rotatable bonds is 10. The molecule has 1 nitrogen and oxygen atoms in total. The summed E-state index contributed by atoms with van der Waals surface area (Å²) in [4.78, 5) is 0. The van der Waals surface area contributed by atoms with E-state index in [4.69, 9.17) is 5.11 Å². The van der Waals surface area contributed by atoms with Crippen LogP contribution in [-0.2, 0) is 0 Å². The van der Waals surface area contributed by atoms with Crippen LogP contribution in [0.4, 0.5) is 0 Å². The van der Waals surface area contributed by atoms with E-state index in [1.54, 1.807) is 0 Å². The molecule has 0 rings (SSSR count). The number of hydrogen-bond acceptors (Lipinski definition) is 1. The van der Waals surface area contributed by atoms with Gasteiger partial charge in [-0.15, -0.1) is 0 Å². The molecule has 0 aliphatic rings. The van der Waals surface area contributed by atoms with Crippen LogP contribution in [0.15, 0.2) is 12.2 Å². The molecule has 0 aliphatic heterocycles. The molecule has 0 aliphatic carbocycles. The number of alkyl halides is 1. The Labute approximate surface area is 96.7 Å². The van der Waals surface area contributed by atoms with Crippen molar-refractivity contribution >= 4 is 15.9 Å². The summed E-state index contributed by atoms with van der Waals surface area (Å²) in [5.41, 5.74) is 0. The van der Waals surface area contributed by atoms with Crippen molar-refractivity contribution in [1.82, 2.24) is 0 Å². The highest BCUT2D eigenvalue weighted by molar-refractivity contribution is 9.09. The molecule has 0 spiro atoms. The maximum absolute atomic E-state index is 8.56. The first-order valence-electron chi connectivity index (χ1n) is 5.73. The van der Waals surface area contributed by atoms with E-state index in [2.05, 4.69) is 28.1 Å². The lowest BCUT2D eigenvalue weighted by Crippen LogP contribution is -1.80. The summed E-state index contributed by atoms with van der Waals surface area (Å²) in [7, 11) is 0. The van der Waals surface area contributed by atoms with Gasteiger partial charge in [0.15, 0.2) is 0 Å². The number of hydrogen-bond donors (Lipinski definition) is 1. The lowest BCUT2D eigenvalue weighted by molar-refractivity contribution is 0.285. The fourth-order valence-electron chi connectivity index (χ4n) is 1.32. The molecule has 0 fully saturated rings. The van der Waals surface area contributed by atoms with E-state index >= 15 is 0 Å². The van der Waals surface area contributed by atoms with Gasteiger partial charge in [-0.25, -0.2) is 0 Å². The van der Waals surface area contributed by atoms with E-state index in [1.165, 1.54) is 32.1 Å². The quantitative estimate of drug-likeness (QED) is 0.358. The molecule has 0 bridgehead atoms. The molecule has 0 saturated heterocycles. The summed E-state index contributed by atoms with van der Waals surface area (Å²) in [5, 5.41) is 9.70. The molecule has 0 aromatic rings.